The van der Waals surface area contributed by atoms with Gasteiger partial charge in [-0.2, -0.15) is 0 Å². The second kappa shape index (κ2) is 6.18. The predicted molar refractivity (Wildman–Crippen MR) is 93.1 cm³/mol. The van der Waals surface area contributed by atoms with E-state index in [9.17, 15) is 9.90 Å². The Labute approximate surface area is 138 Å². The van der Waals surface area contributed by atoms with Crippen molar-refractivity contribution in [2.24, 2.45) is 0 Å². The molecule has 2 heterocycles. The lowest BCUT2D eigenvalue weighted by atomic mass is 10.1. The highest BCUT2D eigenvalue weighted by atomic mass is 32.1. The van der Waals surface area contributed by atoms with Crippen LogP contribution < -0.4 is 5.63 Å². The van der Waals surface area contributed by atoms with Gasteiger partial charge in [0, 0.05) is 34.5 Å². The smallest absolute Gasteiger partial charge is 0.336 e. The third-order valence-corrected chi connectivity index (χ3v) is 5.30. The topological polar surface area (TPSA) is 53.7 Å². The molecular formula is C18H19NO3S. The number of fused-ring (bicyclic) bond motifs is 1. The molecule has 3 rings (SSSR count). The molecule has 0 aliphatic carbocycles. The first kappa shape index (κ1) is 15.8. The third kappa shape index (κ3) is 3.02. The van der Waals surface area contributed by atoms with Crippen LogP contribution in [0.3, 0.4) is 0 Å². The zero-order valence-electron chi connectivity index (χ0n) is 13.4. The number of phenols is 1. The van der Waals surface area contributed by atoms with E-state index in [1.807, 2.05) is 13.1 Å². The van der Waals surface area contributed by atoms with Crippen molar-refractivity contribution in [1.82, 2.24) is 4.90 Å². The lowest BCUT2D eigenvalue weighted by molar-refractivity contribution is 0.257. The van der Waals surface area contributed by atoms with Crippen LogP contribution in [0.15, 0.2) is 44.9 Å². The molecule has 23 heavy (non-hydrogen) atoms. The molecule has 1 aromatic carbocycles. The van der Waals surface area contributed by atoms with Crippen molar-refractivity contribution in [3.8, 4) is 5.75 Å². The van der Waals surface area contributed by atoms with Crippen LogP contribution >= 0.6 is 11.3 Å². The van der Waals surface area contributed by atoms with Crippen molar-refractivity contribution < 1.29 is 9.52 Å². The van der Waals surface area contributed by atoms with Gasteiger partial charge in [0.15, 0.2) is 0 Å². The van der Waals surface area contributed by atoms with Gasteiger partial charge in [0.25, 0.3) is 0 Å². The minimum atomic E-state index is -0.390. The zero-order valence-corrected chi connectivity index (χ0v) is 14.2. The van der Waals surface area contributed by atoms with Gasteiger partial charge in [-0.05, 0) is 50.0 Å². The lowest BCUT2D eigenvalue weighted by Crippen LogP contribution is -2.22. The molecule has 5 heteroatoms. The molecule has 0 aliphatic rings. The van der Waals surface area contributed by atoms with E-state index in [4.69, 9.17) is 4.42 Å². The Kier molecular flexibility index (Phi) is 4.24. The highest BCUT2D eigenvalue weighted by molar-refractivity contribution is 7.10. The Balaban J connectivity index is 2.00. The summed E-state index contributed by atoms with van der Waals surface area (Å²) in [6, 6.07) is 9.41. The molecule has 2 aromatic heterocycles. The first-order valence-corrected chi connectivity index (χ1v) is 8.34. The molecule has 0 fully saturated rings. The first-order chi connectivity index (χ1) is 11.0. The van der Waals surface area contributed by atoms with Crippen LogP contribution in [0, 0.1) is 6.92 Å². The second-order valence-corrected chi connectivity index (χ2v) is 6.76. The molecule has 0 bridgehead atoms. The van der Waals surface area contributed by atoms with E-state index in [2.05, 4.69) is 23.3 Å². The monoisotopic (exact) mass is 329 g/mol. The highest BCUT2D eigenvalue weighted by Gasteiger charge is 2.16. The molecule has 1 N–H and O–H groups in total. The maximum atomic E-state index is 11.9. The Morgan fingerprint density at radius 2 is 2.13 bits per heavy atom. The fraction of sp³-hybridized carbons (Fsp3) is 0.278. The molecule has 4 nitrogen and oxygen atoms in total. The average molecular weight is 329 g/mol. The Morgan fingerprint density at radius 1 is 1.35 bits per heavy atom. The molecule has 3 aromatic rings. The normalized spacial score (nSPS) is 12.9. The quantitative estimate of drug-likeness (QED) is 0.733. The third-order valence-electron chi connectivity index (χ3n) is 4.25. The first-order valence-electron chi connectivity index (χ1n) is 7.46. The van der Waals surface area contributed by atoms with E-state index in [1.165, 1.54) is 10.9 Å². The van der Waals surface area contributed by atoms with Crippen LogP contribution in [0.5, 0.6) is 5.75 Å². The molecule has 0 aliphatic heterocycles. The van der Waals surface area contributed by atoms with E-state index < -0.39 is 5.63 Å². The van der Waals surface area contributed by atoms with Gasteiger partial charge in [-0.3, -0.25) is 4.90 Å². The summed E-state index contributed by atoms with van der Waals surface area (Å²) in [4.78, 5) is 15.4. The summed E-state index contributed by atoms with van der Waals surface area (Å²) in [6.45, 7) is 4.53. The molecule has 0 saturated heterocycles. The molecule has 1 atom stereocenters. The van der Waals surface area contributed by atoms with Crippen LogP contribution in [0.4, 0.5) is 0 Å². The summed E-state index contributed by atoms with van der Waals surface area (Å²) in [5.41, 5.74) is 1.57. The largest absolute Gasteiger partial charge is 0.508 e. The fourth-order valence-corrected chi connectivity index (χ4v) is 3.55. The van der Waals surface area contributed by atoms with Crippen LogP contribution in [-0.2, 0) is 6.54 Å². The maximum absolute atomic E-state index is 11.9. The molecule has 0 amide bonds. The van der Waals surface area contributed by atoms with E-state index in [1.54, 1.807) is 30.4 Å². The number of benzene rings is 1. The summed E-state index contributed by atoms with van der Waals surface area (Å²) in [7, 11) is 2.04. The van der Waals surface area contributed by atoms with Gasteiger partial charge in [-0.15, -0.1) is 11.3 Å². The average Bonchev–Trinajstić information content (AvgIpc) is 3.04. The lowest BCUT2D eigenvalue weighted by Gasteiger charge is -2.24. The number of thiophene rings is 1. The number of aromatic hydroxyl groups is 1. The Morgan fingerprint density at radius 3 is 2.83 bits per heavy atom. The van der Waals surface area contributed by atoms with Crippen molar-refractivity contribution in [2.45, 2.75) is 26.4 Å². The van der Waals surface area contributed by atoms with Crippen molar-refractivity contribution in [1.29, 1.82) is 0 Å². The fourth-order valence-electron chi connectivity index (χ4n) is 2.70. The highest BCUT2D eigenvalue weighted by Crippen LogP contribution is 2.30. The number of hydrogen-bond donors (Lipinski definition) is 1. The van der Waals surface area contributed by atoms with E-state index >= 15 is 0 Å². The zero-order chi connectivity index (χ0) is 16.6. The van der Waals surface area contributed by atoms with Crippen LogP contribution in [0.25, 0.3) is 11.0 Å². The van der Waals surface area contributed by atoms with Crippen LogP contribution in [0.1, 0.15) is 29.0 Å². The van der Waals surface area contributed by atoms with Crippen LogP contribution in [0.2, 0.25) is 0 Å². The summed E-state index contributed by atoms with van der Waals surface area (Å²) in [5, 5.41) is 12.8. The van der Waals surface area contributed by atoms with E-state index in [0.717, 1.165) is 10.9 Å². The number of rotatable bonds is 4. The standard InChI is InChI=1S/C18H19NO3S/c1-11-15(20)7-6-14-13(9-17(21)22-18(11)14)10-19(3)12(2)16-5-4-8-23-16/h4-9,12,20H,10H2,1-3H3/t12-/m1/s1. The molecule has 0 saturated carbocycles. The Bertz CT molecular complexity index is 883. The van der Waals surface area contributed by atoms with E-state index in [0.29, 0.717) is 17.7 Å². The van der Waals surface area contributed by atoms with Crippen molar-refractivity contribution in [3.63, 3.8) is 0 Å². The van der Waals surface area contributed by atoms with Gasteiger partial charge in [-0.1, -0.05) is 6.07 Å². The molecular weight excluding hydrogens is 310 g/mol. The number of nitrogens with zero attached hydrogens (tertiary/aromatic N) is 1. The molecule has 0 radical (unpaired) electrons. The Hall–Kier alpha value is -2.11. The van der Waals surface area contributed by atoms with Gasteiger partial charge >= 0.3 is 5.63 Å². The maximum Gasteiger partial charge on any atom is 0.336 e. The number of aryl methyl sites for hydroxylation is 1. The van der Waals surface area contributed by atoms with Gasteiger partial charge in [-0.25, -0.2) is 4.79 Å². The van der Waals surface area contributed by atoms with Crippen molar-refractivity contribution in [3.05, 3.63) is 62.1 Å². The summed E-state index contributed by atoms with van der Waals surface area (Å²) in [5.74, 6) is 0.137. The number of hydrogen-bond acceptors (Lipinski definition) is 5. The van der Waals surface area contributed by atoms with Gasteiger partial charge < -0.3 is 9.52 Å². The van der Waals surface area contributed by atoms with Gasteiger partial charge in [0.2, 0.25) is 0 Å². The summed E-state index contributed by atoms with van der Waals surface area (Å²) in [6.07, 6.45) is 0. The number of phenolic OH excluding ortho intramolecular Hbond substituents is 1. The minimum Gasteiger partial charge on any atom is -0.508 e. The second-order valence-electron chi connectivity index (χ2n) is 5.78. The molecule has 0 unspecified atom stereocenters. The van der Waals surface area contributed by atoms with Gasteiger partial charge in [0.1, 0.15) is 11.3 Å². The van der Waals surface area contributed by atoms with Crippen molar-refractivity contribution in [2.75, 3.05) is 7.05 Å². The summed E-state index contributed by atoms with van der Waals surface area (Å²) >= 11 is 1.73. The minimum absolute atomic E-state index is 0.137. The summed E-state index contributed by atoms with van der Waals surface area (Å²) < 4.78 is 5.30. The van der Waals surface area contributed by atoms with E-state index in [-0.39, 0.29) is 11.8 Å². The van der Waals surface area contributed by atoms with Gasteiger partial charge in [0.05, 0.1) is 0 Å². The molecule has 0 spiro atoms. The molecule has 120 valence electrons. The van der Waals surface area contributed by atoms with Crippen molar-refractivity contribution >= 4 is 22.3 Å². The van der Waals surface area contributed by atoms with Crippen LogP contribution in [-0.4, -0.2) is 17.1 Å². The SMILES string of the molecule is Cc1c(O)ccc2c(CN(C)[C@H](C)c3cccs3)cc(=O)oc12. The predicted octanol–water partition coefficient (Wildman–Crippen LogP) is 4.06.